The molecule has 3 amide bonds. The Bertz CT molecular complexity index is 866. The van der Waals surface area contributed by atoms with Crippen molar-refractivity contribution in [3.8, 4) is 5.75 Å². The number of nitrogens with zero attached hydrogens (tertiary/aromatic N) is 2. The van der Waals surface area contributed by atoms with E-state index in [1.165, 1.54) is 6.33 Å². The van der Waals surface area contributed by atoms with Gasteiger partial charge < -0.3 is 30.5 Å². The number of rotatable bonds is 8. The van der Waals surface area contributed by atoms with Crippen LogP contribution in [0.4, 0.5) is 10.5 Å². The van der Waals surface area contributed by atoms with Crippen molar-refractivity contribution in [3.05, 3.63) is 48.5 Å². The van der Waals surface area contributed by atoms with E-state index in [1.54, 1.807) is 43.6 Å². The number of methoxy groups -OCH3 is 1. The van der Waals surface area contributed by atoms with E-state index in [0.29, 0.717) is 36.5 Å². The summed E-state index contributed by atoms with van der Waals surface area (Å²) in [4.78, 5) is 32.4. The van der Waals surface area contributed by atoms with Gasteiger partial charge in [-0.05, 0) is 31.0 Å². The molecule has 1 aromatic heterocycles. The maximum absolute atomic E-state index is 12.3. The van der Waals surface area contributed by atoms with Crippen LogP contribution >= 0.6 is 0 Å². The van der Waals surface area contributed by atoms with E-state index in [0.717, 1.165) is 0 Å². The Morgan fingerprint density at radius 2 is 2.16 bits per heavy atom. The molecule has 3 rings (SSSR count). The van der Waals surface area contributed by atoms with E-state index >= 15 is 0 Å². The van der Waals surface area contributed by atoms with Crippen LogP contribution in [0.5, 0.6) is 5.75 Å². The summed E-state index contributed by atoms with van der Waals surface area (Å²) >= 11 is 0. The smallest absolute Gasteiger partial charge is 0.319 e. The van der Waals surface area contributed by atoms with Crippen LogP contribution in [0.15, 0.2) is 42.9 Å². The van der Waals surface area contributed by atoms with Crippen molar-refractivity contribution in [1.29, 1.82) is 0 Å². The van der Waals surface area contributed by atoms with Gasteiger partial charge in [0.05, 0.1) is 44.5 Å². The van der Waals surface area contributed by atoms with Crippen molar-refractivity contribution >= 4 is 17.6 Å². The summed E-state index contributed by atoms with van der Waals surface area (Å²) in [7, 11) is 1.55. The molecule has 0 saturated carbocycles. The minimum atomic E-state index is -0.593. The molecule has 1 fully saturated rings. The van der Waals surface area contributed by atoms with E-state index in [4.69, 9.17) is 9.47 Å². The highest BCUT2D eigenvalue weighted by molar-refractivity contribution is 5.89. The first-order valence-electron chi connectivity index (χ1n) is 10.1. The number of nitrogens with one attached hydrogen (secondary N) is 3. The molecule has 31 heavy (non-hydrogen) atoms. The maximum Gasteiger partial charge on any atom is 0.319 e. The molecular weight excluding hydrogens is 402 g/mol. The van der Waals surface area contributed by atoms with Gasteiger partial charge in [0, 0.05) is 18.0 Å². The molecule has 10 nitrogen and oxygen atoms in total. The normalized spacial score (nSPS) is 20.5. The maximum atomic E-state index is 12.3. The largest absolute Gasteiger partial charge is 0.497 e. The van der Waals surface area contributed by atoms with Crippen molar-refractivity contribution in [2.75, 3.05) is 19.0 Å². The van der Waals surface area contributed by atoms with Crippen molar-refractivity contribution in [3.63, 3.8) is 0 Å². The number of aromatic nitrogens is 2. The molecule has 2 aromatic rings. The number of hydrogen-bond donors (Lipinski definition) is 4. The van der Waals surface area contributed by atoms with Gasteiger partial charge >= 0.3 is 6.03 Å². The molecule has 1 saturated heterocycles. The van der Waals surface area contributed by atoms with E-state index in [2.05, 4.69) is 25.9 Å². The van der Waals surface area contributed by atoms with Crippen molar-refractivity contribution in [2.45, 2.75) is 44.1 Å². The van der Waals surface area contributed by atoms with Crippen LogP contribution in [0.1, 0.15) is 25.0 Å². The summed E-state index contributed by atoms with van der Waals surface area (Å²) in [6, 6.07) is 7.97. The van der Waals surface area contributed by atoms with Crippen LogP contribution in [0.3, 0.4) is 0 Å². The molecule has 1 aliphatic heterocycles. The van der Waals surface area contributed by atoms with Crippen LogP contribution < -0.4 is 20.7 Å². The first kappa shape index (κ1) is 22.4. The fourth-order valence-electron chi connectivity index (χ4n) is 3.37. The predicted octanol–water partition coefficient (Wildman–Crippen LogP) is 1.22. The van der Waals surface area contributed by atoms with Gasteiger partial charge in [0.1, 0.15) is 18.2 Å². The highest BCUT2D eigenvalue weighted by atomic mass is 16.5. The Morgan fingerprint density at radius 3 is 2.90 bits per heavy atom. The Kier molecular flexibility index (Phi) is 8.13. The van der Waals surface area contributed by atoms with Crippen LogP contribution in [0.25, 0.3) is 0 Å². The third-order valence-corrected chi connectivity index (χ3v) is 4.96. The number of urea groups is 1. The lowest BCUT2D eigenvalue weighted by Crippen LogP contribution is -2.52. The highest BCUT2D eigenvalue weighted by Gasteiger charge is 2.32. The van der Waals surface area contributed by atoms with E-state index in [1.807, 2.05) is 0 Å². The number of amides is 3. The number of aliphatic hydroxyl groups excluding tert-OH is 1. The number of aliphatic hydroxyl groups is 1. The minimum Gasteiger partial charge on any atom is -0.497 e. The standard InChI is InChI=1S/C21H27N5O5/c1-30-16-4-2-3-14(9-16)25-21(29)26-18-6-5-17(31-19(18)12-27)10-20(28)23-11-15-7-8-22-13-24-15/h2-4,7-9,13,17-19,27H,5-6,10-12H2,1H3,(H,23,28)(H2,25,26,29)/t17-,18-,19+/m1/s1. The molecule has 1 aliphatic rings. The summed E-state index contributed by atoms with van der Waals surface area (Å²) in [6.45, 7) is 0.0509. The van der Waals surface area contributed by atoms with Crippen molar-refractivity contribution < 1.29 is 24.2 Å². The lowest BCUT2D eigenvalue weighted by molar-refractivity contribution is -0.130. The van der Waals surface area contributed by atoms with E-state index in [-0.39, 0.29) is 31.1 Å². The zero-order chi connectivity index (χ0) is 22.1. The number of benzene rings is 1. The second kappa shape index (κ2) is 11.2. The fourth-order valence-corrected chi connectivity index (χ4v) is 3.37. The monoisotopic (exact) mass is 429 g/mol. The van der Waals surface area contributed by atoms with Crippen molar-refractivity contribution in [2.24, 2.45) is 0 Å². The summed E-state index contributed by atoms with van der Waals surface area (Å²) in [5.41, 5.74) is 1.31. The summed E-state index contributed by atoms with van der Waals surface area (Å²) in [6.07, 6.45) is 3.45. The van der Waals surface area contributed by atoms with Gasteiger partial charge in [-0.2, -0.15) is 0 Å². The average Bonchev–Trinajstić information content (AvgIpc) is 2.79. The van der Waals surface area contributed by atoms with Gasteiger partial charge in [0.2, 0.25) is 5.91 Å². The second-order valence-electron chi connectivity index (χ2n) is 7.17. The van der Waals surface area contributed by atoms with Gasteiger partial charge in [-0.3, -0.25) is 4.79 Å². The Labute approximate surface area is 180 Å². The molecule has 0 unspecified atom stereocenters. The fraction of sp³-hybridized carbons (Fsp3) is 0.429. The van der Waals surface area contributed by atoms with Gasteiger partial charge in [-0.1, -0.05) is 6.07 Å². The summed E-state index contributed by atoms with van der Waals surface area (Å²) in [5, 5.41) is 18.1. The molecule has 0 aliphatic carbocycles. The zero-order valence-electron chi connectivity index (χ0n) is 17.3. The lowest BCUT2D eigenvalue weighted by atomic mass is 9.97. The molecule has 1 aromatic carbocycles. The molecule has 0 radical (unpaired) electrons. The number of carbonyl (C=O) groups is 2. The molecule has 0 bridgehead atoms. The number of anilines is 1. The lowest BCUT2D eigenvalue weighted by Gasteiger charge is -2.35. The van der Waals surface area contributed by atoms with Gasteiger partial charge in [0.25, 0.3) is 0 Å². The van der Waals surface area contributed by atoms with Crippen LogP contribution in [-0.4, -0.2) is 59.0 Å². The average molecular weight is 429 g/mol. The molecule has 3 atom stereocenters. The predicted molar refractivity (Wildman–Crippen MR) is 112 cm³/mol. The third-order valence-electron chi connectivity index (χ3n) is 4.96. The first-order valence-corrected chi connectivity index (χ1v) is 10.1. The topological polar surface area (TPSA) is 135 Å². The SMILES string of the molecule is COc1cccc(NC(=O)N[C@@H]2CC[C@H](CC(=O)NCc3ccncn3)O[C@H]2CO)c1. The Balaban J connectivity index is 1.45. The van der Waals surface area contributed by atoms with Crippen LogP contribution in [-0.2, 0) is 16.1 Å². The second-order valence-corrected chi connectivity index (χ2v) is 7.17. The molecule has 0 spiro atoms. The quantitative estimate of drug-likeness (QED) is 0.496. The molecule has 166 valence electrons. The van der Waals surface area contributed by atoms with Crippen molar-refractivity contribution in [1.82, 2.24) is 20.6 Å². The molecule has 4 N–H and O–H groups in total. The highest BCUT2D eigenvalue weighted by Crippen LogP contribution is 2.22. The first-order chi connectivity index (χ1) is 15.1. The number of ether oxygens (including phenoxy) is 2. The third kappa shape index (κ3) is 6.90. The summed E-state index contributed by atoms with van der Waals surface area (Å²) < 4.78 is 11.0. The van der Waals surface area contributed by atoms with Crippen LogP contribution in [0.2, 0.25) is 0 Å². The Hall–Kier alpha value is -3.24. The zero-order valence-corrected chi connectivity index (χ0v) is 17.3. The van der Waals surface area contributed by atoms with E-state index in [9.17, 15) is 14.7 Å². The number of hydrogen-bond acceptors (Lipinski definition) is 7. The molecular formula is C21H27N5O5. The van der Waals surface area contributed by atoms with Crippen LogP contribution in [0, 0.1) is 0 Å². The number of carbonyl (C=O) groups excluding carboxylic acids is 2. The Morgan fingerprint density at radius 1 is 1.29 bits per heavy atom. The van der Waals surface area contributed by atoms with Gasteiger partial charge in [-0.25, -0.2) is 14.8 Å². The minimum absolute atomic E-state index is 0.164. The molecule has 2 heterocycles. The van der Waals surface area contributed by atoms with Gasteiger partial charge in [-0.15, -0.1) is 0 Å². The summed E-state index contributed by atoms with van der Waals surface area (Å²) in [5.74, 6) is 0.468. The van der Waals surface area contributed by atoms with E-state index < -0.39 is 12.1 Å². The van der Waals surface area contributed by atoms with Gasteiger partial charge in [0.15, 0.2) is 0 Å². The molecule has 10 heteroatoms.